The van der Waals surface area contributed by atoms with Crippen molar-refractivity contribution in [3.8, 4) is 0 Å². The number of carbonyl (C=O) groups is 2. The average molecular weight is 266 g/mol. The Morgan fingerprint density at radius 2 is 1.70 bits per heavy atom. The second kappa shape index (κ2) is 5.17. The molecule has 2 aromatic carbocycles. The summed E-state index contributed by atoms with van der Waals surface area (Å²) < 4.78 is 0. The molecule has 4 nitrogen and oxygen atoms in total. The summed E-state index contributed by atoms with van der Waals surface area (Å²) >= 11 is 0. The van der Waals surface area contributed by atoms with Gasteiger partial charge in [0.05, 0.1) is 0 Å². The van der Waals surface area contributed by atoms with Gasteiger partial charge in [0.15, 0.2) is 0 Å². The van der Waals surface area contributed by atoms with Crippen LogP contribution in [0.15, 0.2) is 54.6 Å². The van der Waals surface area contributed by atoms with Crippen LogP contribution in [0.4, 0.5) is 10.5 Å². The summed E-state index contributed by atoms with van der Waals surface area (Å²) in [7, 11) is 0. The highest BCUT2D eigenvalue weighted by molar-refractivity contribution is 6.09. The molecule has 1 aliphatic rings. The zero-order chi connectivity index (χ0) is 13.9. The number of hydrogen-bond donors (Lipinski definition) is 1. The fourth-order valence-corrected chi connectivity index (χ4v) is 2.33. The molecule has 0 aromatic heterocycles. The summed E-state index contributed by atoms with van der Waals surface area (Å²) in [5.74, 6) is -0.236. The molecule has 0 unspecified atom stereocenters. The number of para-hydroxylation sites is 1. The van der Waals surface area contributed by atoms with Gasteiger partial charge in [-0.2, -0.15) is 0 Å². The first-order chi connectivity index (χ1) is 9.75. The van der Waals surface area contributed by atoms with Crippen LogP contribution in [0.5, 0.6) is 0 Å². The maximum Gasteiger partial charge on any atom is 0.328 e. The number of imide groups is 1. The summed E-state index contributed by atoms with van der Waals surface area (Å²) in [6.45, 7) is 0.411. The van der Waals surface area contributed by atoms with E-state index in [1.807, 2.05) is 36.4 Å². The van der Waals surface area contributed by atoms with Crippen molar-refractivity contribution in [2.75, 3.05) is 11.9 Å². The molecule has 0 aliphatic carbocycles. The molecule has 1 N–H and O–H groups in total. The van der Waals surface area contributed by atoms with E-state index >= 15 is 0 Å². The van der Waals surface area contributed by atoms with Crippen LogP contribution < -0.4 is 5.32 Å². The molecule has 2 aromatic rings. The number of benzene rings is 2. The summed E-state index contributed by atoms with van der Waals surface area (Å²) in [5, 5.41) is 2.74. The maximum absolute atomic E-state index is 12.3. The molecular weight excluding hydrogens is 252 g/mol. The van der Waals surface area contributed by atoms with Gasteiger partial charge in [-0.3, -0.25) is 9.69 Å². The van der Waals surface area contributed by atoms with Crippen LogP contribution >= 0.6 is 0 Å². The number of amides is 3. The lowest BCUT2D eigenvalue weighted by Crippen LogP contribution is -2.44. The molecule has 1 heterocycles. The number of anilines is 1. The normalized spacial score (nSPS) is 13.8. The number of rotatable bonds is 1. The molecule has 3 amide bonds. The van der Waals surface area contributed by atoms with E-state index in [1.165, 1.54) is 4.90 Å². The lowest BCUT2D eigenvalue weighted by atomic mass is 9.99. The maximum atomic E-state index is 12.3. The van der Waals surface area contributed by atoms with Gasteiger partial charge in [0.25, 0.3) is 5.91 Å². The first-order valence-electron chi connectivity index (χ1n) is 6.51. The molecule has 0 saturated carbocycles. The predicted octanol–water partition coefficient (Wildman–Crippen LogP) is 2.92. The number of carbonyl (C=O) groups excluding carboxylic acids is 2. The lowest BCUT2D eigenvalue weighted by Gasteiger charge is -2.26. The third-order valence-corrected chi connectivity index (χ3v) is 3.37. The van der Waals surface area contributed by atoms with E-state index in [9.17, 15) is 9.59 Å². The molecule has 4 heteroatoms. The third kappa shape index (κ3) is 2.28. The molecule has 1 aliphatic heterocycles. The smallest absolute Gasteiger partial charge is 0.307 e. The molecule has 3 rings (SSSR count). The van der Waals surface area contributed by atoms with Crippen LogP contribution in [-0.2, 0) is 6.42 Å². The standard InChI is InChI=1S/C16H14N2O2/c19-15-14-9-5-4-6-12(14)10-11-18(15)16(20)17-13-7-2-1-3-8-13/h1-9H,10-11H2,(H,17,20). The zero-order valence-electron chi connectivity index (χ0n) is 10.9. The van der Waals surface area contributed by atoms with Crippen molar-refractivity contribution in [2.45, 2.75) is 6.42 Å². The van der Waals surface area contributed by atoms with Gasteiger partial charge in [-0.05, 0) is 30.2 Å². The highest BCUT2D eigenvalue weighted by atomic mass is 16.2. The van der Waals surface area contributed by atoms with E-state index in [4.69, 9.17) is 0 Å². The van der Waals surface area contributed by atoms with Crippen molar-refractivity contribution in [3.05, 3.63) is 65.7 Å². The molecule has 0 radical (unpaired) electrons. The summed E-state index contributed by atoms with van der Waals surface area (Å²) in [4.78, 5) is 25.8. The molecule has 0 atom stereocenters. The van der Waals surface area contributed by atoms with E-state index in [1.54, 1.807) is 18.2 Å². The largest absolute Gasteiger partial charge is 0.328 e. The average Bonchev–Trinajstić information content (AvgIpc) is 2.49. The molecule has 0 fully saturated rings. The van der Waals surface area contributed by atoms with Crippen molar-refractivity contribution in [3.63, 3.8) is 0 Å². The first-order valence-corrected chi connectivity index (χ1v) is 6.51. The first kappa shape index (κ1) is 12.4. The Balaban J connectivity index is 1.79. The van der Waals surface area contributed by atoms with Crippen molar-refractivity contribution >= 4 is 17.6 Å². The number of hydrogen-bond acceptors (Lipinski definition) is 2. The van der Waals surface area contributed by atoms with Gasteiger partial charge in [-0.15, -0.1) is 0 Å². The quantitative estimate of drug-likeness (QED) is 0.862. The summed E-state index contributed by atoms with van der Waals surface area (Å²) in [6.07, 6.45) is 0.699. The summed E-state index contributed by atoms with van der Waals surface area (Å²) in [5.41, 5.74) is 2.30. The van der Waals surface area contributed by atoms with Gasteiger partial charge in [0.2, 0.25) is 0 Å². The lowest BCUT2D eigenvalue weighted by molar-refractivity contribution is 0.0798. The van der Waals surface area contributed by atoms with Gasteiger partial charge in [0.1, 0.15) is 0 Å². The Morgan fingerprint density at radius 1 is 1.00 bits per heavy atom. The fourth-order valence-electron chi connectivity index (χ4n) is 2.33. The monoisotopic (exact) mass is 266 g/mol. The van der Waals surface area contributed by atoms with Crippen LogP contribution in [0.25, 0.3) is 0 Å². The van der Waals surface area contributed by atoms with E-state index in [-0.39, 0.29) is 11.9 Å². The fraction of sp³-hybridized carbons (Fsp3) is 0.125. The van der Waals surface area contributed by atoms with Crippen LogP contribution in [0, 0.1) is 0 Å². The Bertz CT molecular complexity index is 653. The van der Waals surface area contributed by atoms with Crippen molar-refractivity contribution < 1.29 is 9.59 Å². The number of nitrogens with zero attached hydrogens (tertiary/aromatic N) is 1. The minimum atomic E-state index is -0.379. The highest BCUT2D eigenvalue weighted by Gasteiger charge is 2.28. The van der Waals surface area contributed by atoms with Crippen molar-refractivity contribution in [2.24, 2.45) is 0 Å². The molecule has 0 bridgehead atoms. The van der Waals surface area contributed by atoms with Crippen molar-refractivity contribution in [1.82, 2.24) is 4.90 Å². The van der Waals surface area contributed by atoms with Crippen LogP contribution in [0.3, 0.4) is 0 Å². The van der Waals surface area contributed by atoms with Crippen LogP contribution in [-0.4, -0.2) is 23.4 Å². The zero-order valence-corrected chi connectivity index (χ0v) is 10.9. The molecule has 0 saturated heterocycles. The van der Waals surface area contributed by atoms with E-state index in [0.29, 0.717) is 24.2 Å². The Morgan fingerprint density at radius 3 is 2.50 bits per heavy atom. The number of nitrogens with one attached hydrogen (secondary N) is 1. The van der Waals surface area contributed by atoms with Gasteiger partial charge in [0, 0.05) is 17.8 Å². The van der Waals surface area contributed by atoms with Gasteiger partial charge in [-0.25, -0.2) is 4.79 Å². The van der Waals surface area contributed by atoms with E-state index < -0.39 is 0 Å². The van der Waals surface area contributed by atoms with E-state index in [0.717, 1.165) is 5.56 Å². The Labute approximate surface area is 117 Å². The van der Waals surface area contributed by atoms with Gasteiger partial charge in [-0.1, -0.05) is 36.4 Å². The highest BCUT2D eigenvalue weighted by Crippen LogP contribution is 2.19. The molecule has 0 spiro atoms. The third-order valence-electron chi connectivity index (χ3n) is 3.37. The van der Waals surface area contributed by atoms with Crippen LogP contribution in [0.2, 0.25) is 0 Å². The molecule has 100 valence electrons. The molecule has 20 heavy (non-hydrogen) atoms. The van der Waals surface area contributed by atoms with Crippen LogP contribution in [0.1, 0.15) is 15.9 Å². The minimum Gasteiger partial charge on any atom is -0.307 e. The van der Waals surface area contributed by atoms with Gasteiger partial charge < -0.3 is 5.32 Å². The Hall–Kier alpha value is -2.62. The second-order valence-corrected chi connectivity index (χ2v) is 4.66. The Kier molecular flexibility index (Phi) is 3.21. The second-order valence-electron chi connectivity index (χ2n) is 4.66. The topological polar surface area (TPSA) is 49.4 Å². The summed E-state index contributed by atoms with van der Waals surface area (Å²) in [6, 6.07) is 16.2. The SMILES string of the molecule is O=C(Nc1ccccc1)N1CCc2ccccc2C1=O. The number of fused-ring (bicyclic) bond motifs is 1. The van der Waals surface area contributed by atoms with Crippen molar-refractivity contribution in [1.29, 1.82) is 0 Å². The van der Waals surface area contributed by atoms with Gasteiger partial charge >= 0.3 is 6.03 Å². The minimum absolute atomic E-state index is 0.236. The van der Waals surface area contributed by atoms with E-state index in [2.05, 4.69) is 5.32 Å². The number of urea groups is 1. The predicted molar refractivity (Wildman–Crippen MR) is 76.6 cm³/mol. The molecular formula is C16H14N2O2.